The van der Waals surface area contributed by atoms with Crippen molar-refractivity contribution in [3.63, 3.8) is 0 Å². The summed E-state index contributed by atoms with van der Waals surface area (Å²) in [6.07, 6.45) is -0.902. The van der Waals surface area contributed by atoms with Crippen LogP contribution in [0.1, 0.15) is 52.4 Å². The summed E-state index contributed by atoms with van der Waals surface area (Å²) in [5.41, 5.74) is 1.42. The Hall–Kier alpha value is -5.62. The standard InChI is InChI=1S/C37H34N2O9S/c1-22(39(34(40)17-25(37(44)45)18-35(41)42)20-28-15-24-7-5-6-10-33(24)49-28)29(23-11-13-30-32(16-23)47-21-46-30)19-27-12-14-31(48-27)36(43)38-26-8-3-2-4-9-26/h2-16,22,25,29H,17-21H2,1H3,(H,38,43)(H,41,42)(H,44,45)/t22?,25-,29?/m1/s1. The number of carboxylic acid groups (broad SMARTS) is 2. The first kappa shape index (κ1) is 33.3. The molecule has 2 unspecified atom stereocenters. The summed E-state index contributed by atoms with van der Waals surface area (Å²) in [4.78, 5) is 53.1. The van der Waals surface area contributed by atoms with Gasteiger partial charge in [-0.15, -0.1) is 11.3 Å². The van der Waals surface area contributed by atoms with Crippen LogP contribution >= 0.6 is 11.3 Å². The van der Waals surface area contributed by atoms with Crippen LogP contribution in [0.25, 0.3) is 10.1 Å². The molecule has 0 aliphatic carbocycles. The highest BCUT2D eigenvalue weighted by Gasteiger charge is 2.34. The molecule has 252 valence electrons. The summed E-state index contributed by atoms with van der Waals surface area (Å²) in [5.74, 6) is -3.63. The van der Waals surface area contributed by atoms with Gasteiger partial charge in [-0.05, 0) is 66.4 Å². The van der Waals surface area contributed by atoms with Crippen molar-refractivity contribution in [1.82, 2.24) is 4.90 Å². The number of nitrogens with one attached hydrogen (secondary N) is 1. The third-order valence-electron chi connectivity index (χ3n) is 8.55. The van der Waals surface area contributed by atoms with Crippen LogP contribution < -0.4 is 14.8 Å². The highest BCUT2D eigenvalue weighted by Crippen LogP contribution is 2.38. The number of hydrogen-bond acceptors (Lipinski definition) is 8. The van der Waals surface area contributed by atoms with Crippen molar-refractivity contribution in [2.24, 2.45) is 5.92 Å². The molecule has 0 fully saturated rings. The highest BCUT2D eigenvalue weighted by molar-refractivity contribution is 7.19. The second-order valence-electron chi connectivity index (χ2n) is 11.9. The van der Waals surface area contributed by atoms with Crippen LogP contribution in [0, 0.1) is 5.92 Å². The molecule has 1 aliphatic rings. The number of nitrogens with zero attached hydrogens (tertiary/aromatic N) is 1. The lowest BCUT2D eigenvalue weighted by Crippen LogP contribution is -2.43. The van der Waals surface area contributed by atoms with Crippen LogP contribution in [-0.4, -0.2) is 51.7 Å². The minimum atomic E-state index is -1.40. The molecule has 3 aromatic carbocycles. The Balaban J connectivity index is 1.34. The summed E-state index contributed by atoms with van der Waals surface area (Å²) < 4.78 is 18.3. The number of aliphatic carboxylic acids is 2. The Kier molecular flexibility index (Phi) is 9.95. The average Bonchev–Trinajstić information content (AvgIpc) is 3.85. The molecule has 0 saturated carbocycles. The Bertz CT molecular complexity index is 1950. The monoisotopic (exact) mass is 682 g/mol. The van der Waals surface area contributed by atoms with Crippen molar-refractivity contribution < 1.29 is 43.3 Å². The van der Waals surface area contributed by atoms with Crippen LogP contribution in [-0.2, 0) is 27.3 Å². The number of carbonyl (C=O) groups excluding carboxylic acids is 2. The Morgan fingerprint density at radius 1 is 0.878 bits per heavy atom. The molecule has 11 nitrogen and oxygen atoms in total. The molecule has 49 heavy (non-hydrogen) atoms. The largest absolute Gasteiger partial charge is 0.481 e. The minimum absolute atomic E-state index is 0.0772. The molecule has 12 heteroatoms. The number of carboxylic acids is 2. The smallest absolute Gasteiger partial charge is 0.307 e. The van der Waals surface area contributed by atoms with Crippen molar-refractivity contribution in [1.29, 1.82) is 0 Å². The van der Waals surface area contributed by atoms with E-state index in [1.54, 1.807) is 35.2 Å². The molecule has 0 radical (unpaired) electrons. The molecule has 3 heterocycles. The Morgan fingerprint density at radius 3 is 2.39 bits per heavy atom. The second-order valence-corrected chi connectivity index (χ2v) is 13.0. The van der Waals surface area contributed by atoms with E-state index in [4.69, 9.17) is 13.9 Å². The predicted octanol–water partition coefficient (Wildman–Crippen LogP) is 6.78. The molecular weight excluding hydrogens is 648 g/mol. The van der Waals surface area contributed by atoms with Crippen LogP contribution in [0.5, 0.6) is 11.5 Å². The lowest BCUT2D eigenvalue weighted by molar-refractivity contribution is -0.151. The maximum Gasteiger partial charge on any atom is 0.307 e. The SMILES string of the molecule is CC(C(Cc1ccc(C(=O)Nc2ccccc2)o1)c1ccc2c(c1)OCO2)N(Cc1cc2ccccc2s1)C(=O)C[C@H](CC(=O)O)C(=O)O. The first-order chi connectivity index (χ1) is 23.6. The molecule has 0 spiro atoms. The number of rotatable bonds is 14. The van der Waals surface area contributed by atoms with Gasteiger partial charge in [-0.2, -0.15) is 0 Å². The second kappa shape index (κ2) is 14.7. The normalized spacial score (nSPS) is 13.8. The van der Waals surface area contributed by atoms with Crippen LogP contribution in [0.15, 0.2) is 95.4 Å². The van der Waals surface area contributed by atoms with Crippen molar-refractivity contribution in [3.05, 3.63) is 113 Å². The lowest BCUT2D eigenvalue weighted by atomic mass is 9.86. The van der Waals surface area contributed by atoms with Crippen LogP contribution in [0.4, 0.5) is 5.69 Å². The van der Waals surface area contributed by atoms with E-state index >= 15 is 0 Å². The van der Waals surface area contributed by atoms with Gasteiger partial charge in [0.2, 0.25) is 12.7 Å². The van der Waals surface area contributed by atoms with Gasteiger partial charge in [0.05, 0.1) is 18.9 Å². The molecule has 6 rings (SSSR count). The van der Waals surface area contributed by atoms with E-state index in [1.165, 1.54) is 11.3 Å². The van der Waals surface area contributed by atoms with Crippen molar-refractivity contribution in [3.8, 4) is 11.5 Å². The van der Waals surface area contributed by atoms with Gasteiger partial charge in [0.1, 0.15) is 5.76 Å². The minimum Gasteiger partial charge on any atom is -0.481 e. The van der Waals surface area contributed by atoms with Crippen molar-refractivity contribution in [2.75, 3.05) is 12.1 Å². The molecule has 0 bridgehead atoms. The maximum absolute atomic E-state index is 14.1. The number of amides is 2. The molecular formula is C37H34N2O9S. The zero-order valence-corrected chi connectivity index (χ0v) is 27.4. The fourth-order valence-corrected chi connectivity index (χ4v) is 7.06. The molecule has 5 aromatic rings. The number of ether oxygens (including phenoxy) is 2. The number of carbonyl (C=O) groups is 4. The van der Waals surface area contributed by atoms with E-state index in [1.807, 2.05) is 67.6 Å². The van der Waals surface area contributed by atoms with Gasteiger partial charge in [-0.1, -0.05) is 42.5 Å². The average molecular weight is 683 g/mol. The van der Waals surface area contributed by atoms with Crippen molar-refractivity contribution >= 4 is 50.9 Å². The van der Waals surface area contributed by atoms with E-state index in [0.29, 0.717) is 22.9 Å². The summed E-state index contributed by atoms with van der Waals surface area (Å²) in [7, 11) is 0. The topological polar surface area (TPSA) is 156 Å². The molecule has 0 saturated heterocycles. The number of hydrogen-bond donors (Lipinski definition) is 3. The van der Waals surface area contributed by atoms with Gasteiger partial charge in [-0.3, -0.25) is 19.2 Å². The van der Waals surface area contributed by atoms with E-state index in [0.717, 1.165) is 20.5 Å². The van der Waals surface area contributed by atoms with Crippen LogP contribution in [0.2, 0.25) is 0 Å². The summed E-state index contributed by atoms with van der Waals surface area (Å²) >= 11 is 1.53. The number of thiophene rings is 1. The number of para-hydroxylation sites is 1. The van der Waals surface area contributed by atoms with Gasteiger partial charge in [0.25, 0.3) is 5.91 Å². The molecule has 3 N–H and O–H groups in total. The van der Waals surface area contributed by atoms with E-state index in [2.05, 4.69) is 5.32 Å². The first-order valence-corrected chi connectivity index (χ1v) is 16.5. The van der Waals surface area contributed by atoms with Gasteiger partial charge in [0, 0.05) is 40.1 Å². The van der Waals surface area contributed by atoms with Gasteiger partial charge < -0.3 is 34.3 Å². The van der Waals surface area contributed by atoms with Gasteiger partial charge >= 0.3 is 11.9 Å². The summed E-state index contributed by atoms with van der Waals surface area (Å²) in [6.45, 7) is 2.12. The Morgan fingerprint density at radius 2 is 1.63 bits per heavy atom. The molecule has 2 amide bonds. The quantitative estimate of drug-likeness (QED) is 0.115. The molecule has 1 aliphatic heterocycles. The lowest BCUT2D eigenvalue weighted by Gasteiger charge is -2.35. The zero-order chi connectivity index (χ0) is 34.5. The number of benzene rings is 3. The third kappa shape index (κ3) is 7.92. The Labute approximate surface area is 285 Å². The van der Waals surface area contributed by atoms with Crippen molar-refractivity contribution in [2.45, 2.75) is 44.7 Å². The number of anilines is 1. The summed E-state index contributed by atoms with van der Waals surface area (Å²) in [5, 5.41) is 23.0. The zero-order valence-electron chi connectivity index (χ0n) is 26.5. The van der Waals surface area contributed by atoms with E-state index in [9.17, 15) is 29.4 Å². The number of fused-ring (bicyclic) bond motifs is 2. The van der Waals surface area contributed by atoms with Gasteiger partial charge in [0.15, 0.2) is 17.3 Å². The van der Waals surface area contributed by atoms with E-state index < -0.39 is 54.5 Å². The molecule has 3 atom stereocenters. The fraction of sp³-hybridized carbons (Fsp3) is 0.243. The van der Waals surface area contributed by atoms with E-state index in [-0.39, 0.29) is 25.5 Å². The molecule has 2 aromatic heterocycles. The fourth-order valence-electron chi connectivity index (χ4n) is 6.00. The highest BCUT2D eigenvalue weighted by atomic mass is 32.1. The van der Waals surface area contributed by atoms with Crippen LogP contribution in [0.3, 0.4) is 0 Å². The van der Waals surface area contributed by atoms with Gasteiger partial charge in [-0.25, -0.2) is 0 Å². The summed E-state index contributed by atoms with van der Waals surface area (Å²) in [6, 6.07) is 27.1. The first-order valence-electron chi connectivity index (χ1n) is 15.7. The third-order valence-corrected chi connectivity index (χ3v) is 9.65. The maximum atomic E-state index is 14.1. The number of furan rings is 1. The predicted molar refractivity (Wildman–Crippen MR) is 182 cm³/mol.